The Labute approximate surface area is 199 Å². The Hall–Kier alpha value is -2.73. The molecule has 0 bridgehead atoms. The first kappa shape index (κ1) is 24.9. The van der Waals surface area contributed by atoms with Gasteiger partial charge in [-0.3, -0.25) is 4.79 Å². The molecule has 0 N–H and O–H groups in total. The van der Waals surface area contributed by atoms with Crippen LogP contribution in [0.4, 0.5) is 0 Å². The highest BCUT2D eigenvalue weighted by Crippen LogP contribution is 2.23. The van der Waals surface area contributed by atoms with Crippen LogP contribution in [-0.4, -0.2) is 36.3 Å². The summed E-state index contributed by atoms with van der Waals surface area (Å²) in [6.45, 7) is 9.17. The largest absolute Gasteiger partial charge is 0.305 e. The van der Waals surface area contributed by atoms with Crippen LogP contribution in [0.25, 0.3) is 10.2 Å². The van der Waals surface area contributed by atoms with Crippen LogP contribution in [-0.2, 0) is 16.6 Å². The van der Waals surface area contributed by atoms with Crippen LogP contribution in [0.3, 0.4) is 0 Å². The highest BCUT2D eigenvalue weighted by atomic mass is 32.2. The smallest absolute Gasteiger partial charge is 0.279 e. The maximum absolute atomic E-state index is 13.0. The van der Waals surface area contributed by atoms with Crippen LogP contribution < -0.4 is 4.80 Å². The van der Waals surface area contributed by atoms with E-state index >= 15 is 0 Å². The van der Waals surface area contributed by atoms with Gasteiger partial charge in [0.15, 0.2) is 4.80 Å². The predicted molar refractivity (Wildman–Crippen MR) is 134 cm³/mol. The number of fused-ring (bicyclic) bond motifs is 1. The van der Waals surface area contributed by atoms with Crippen LogP contribution in [0, 0.1) is 26.2 Å². The van der Waals surface area contributed by atoms with Crippen molar-refractivity contribution in [2.75, 3.05) is 13.1 Å². The van der Waals surface area contributed by atoms with Crippen molar-refractivity contribution in [1.82, 2.24) is 8.87 Å². The van der Waals surface area contributed by atoms with Gasteiger partial charge in [0.05, 0.1) is 21.7 Å². The Bertz CT molecular complexity index is 1370. The molecule has 1 heterocycles. The maximum Gasteiger partial charge on any atom is 0.279 e. The standard InChI is InChI=1S/C25H29N3O3S2/c1-6-13-27(14-7-2)33(30,31)21-11-9-20(10-12-21)24(29)26-25-28(15-8-3)22-17-18(4)16-19(5)23(22)32-25/h3,9-12,16-17H,6-7,13-15H2,1-2,4-5H3. The van der Waals surface area contributed by atoms with Crippen molar-refractivity contribution < 1.29 is 13.2 Å². The summed E-state index contributed by atoms with van der Waals surface area (Å²) < 4.78 is 30.3. The Morgan fingerprint density at radius 1 is 1.12 bits per heavy atom. The molecule has 0 fully saturated rings. The van der Waals surface area contributed by atoms with E-state index in [0.29, 0.717) is 30.0 Å². The normalized spacial score (nSPS) is 12.4. The van der Waals surface area contributed by atoms with Gasteiger partial charge in [-0.2, -0.15) is 9.30 Å². The van der Waals surface area contributed by atoms with Crippen molar-refractivity contribution in [1.29, 1.82) is 0 Å². The molecule has 0 aliphatic rings. The lowest BCUT2D eigenvalue weighted by molar-refractivity contribution is 0.0998. The molecule has 0 radical (unpaired) electrons. The summed E-state index contributed by atoms with van der Waals surface area (Å²) in [4.78, 5) is 17.9. The molecule has 33 heavy (non-hydrogen) atoms. The first-order valence-electron chi connectivity index (χ1n) is 11.0. The third-order valence-corrected chi connectivity index (χ3v) is 8.39. The summed E-state index contributed by atoms with van der Waals surface area (Å²) in [7, 11) is -3.60. The number of sulfonamides is 1. The van der Waals surface area contributed by atoms with Gasteiger partial charge >= 0.3 is 0 Å². The van der Waals surface area contributed by atoms with E-state index in [2.05, 4.69) is 17.0 Å². The van der Waals surface area contributed by atoms with Gasteiger partial charge in [-0.15, -0.1) is 6.42 Å². The molecule has 0 unspecified atom stereocenters. The molecule has 1 aromatic heterocycles. The van der Waals surface area contributed by atoms with Crippen molar-refractivity contribution in [3.05, 3.63) is 57.9 Å². The van der Waals surface area contributed by atoms with E-state index in [1.165, 1.54) is 39.9 Å². The zero-order chi connectivity index (χ0) is 24.2. The number of rotatable bonds is 8. The van der Waals surface area contributed by atoms with Gasteiger partial charge < -0.3 is 4.57 Å². The van der Waals surface area contributed by atoms with Crippen LogP contribution in [0.2, 0.25) is 0 Å². The first-order valence-corrected chi connectivity index (χ1v) is 13.2. The third-order valence-electron chi connectivity index (χ3n) is 5.25. The monoisotopic (exact) mass is 483 g/mol. The molecule has 3 rings (SSSR count). The minimum Gasteiger partial charge on any atom is -0.305 e. The number of carbonyl (C=O) groups excluding carboxylic acids is 1. The maximum atomic E-state index is 13.0. The molecule has 174 valence electrons. The predicted octanol–water partition coefficient (Wildman–Crippen LogP) is 4.50. The van der Waals surface area contributed by atoms with E-state index in [0.717, 1.165) is 34.2 Å². The number of terminal acetylenes is 1. The summed E-state index contributed by atoms with van der Waals surface area (Å²) in [5.74, 6) is 2.20. The van der Waals surface area contributed by atoms with Gasteiger partial charge in [0.1, 0.15) is 0 Å². The summed E-state index contributed by atoms with van der Waals surface area (Å²) >= 11 is 1.42. The van der Waals surface area contributed by atoms with E-state index in [1.807, 2.05) is 38.3 Å². The molecule has 0 aliphatic carbocycles. The molecular weight excluding hydrogens is 454 g/mol. The minimum atomic E-state index is -3.60. The highest BCUT2D eigenvalue weighted by molar-refractivity contribution is 7.89. The number of aryl methyl sites for hydroxylation is 2. The summed E-state index contributed by atoms with van der Waals surface area (Å²) in [6.07, 6.45) is 7.04. The molecular formula is C25H29N3O3S2. The molecule has 0 saturated heterocycles. The number of aromatic nitrogens is 1. The first-order chi connectivity index (χ1) is 15.7. The molecule has 0 spiro atoms. The summed E-state index contributed by atoms with van der Waals surface area (Å²) in [5.41, 5.74) is 3.49. The van der Waals surface area contributed by atoms with E-state index in [4.69, 9.17) is 6.42 Å². The van der Waals surface area contributed by atoms with Crippen molar-refractivity contribution in [3.8, 4) is 12.3 Å². The number of thiazole rings is 1. The fourth-order valence-corrected chi connectivity index (χ4v) is 6.46. The highest BCUT2D eigenvalue weighted by Gasteiger charge is 2.23. The second-order valence-electron chi connectivity index (χ2n) is 7.95. The molecule has 0 saturated carbocycles. The topological polar surface area (TPSA) is 71.7 Å². The molecule has 0 aliphatic heterocycles. The van der Waals surface area contributed by atoms with Crippen LogP contribution in [0.5, 0.6) is 0 Å². The summed E-state index contributed by atoms with van der Waals surface area (Å²) in [5, 5.41) is 0. The van der Waals surface area contributed by atoms with Gasteiger partial charge in [0, 0.05) is 18.7 Å². The van der Waals surface area contributed by atoms with Crippen molar-refractivity contribution in [2.45, 2.75) is 52.0 Å². The second kappa shape index (κ2) is 10.5. The van der Waals surface area contributed by atoms with Gasteiger partial charge in [-0.25, -0.2) is 8.42 Å². The molecule has 3 aromatic rings. The molecule has 8 heteroatoms. The van der Waals surface area contributed by atoms with Crippen LogP contribution in [0.15, 0.2) is 46.3 Å². The molecule has 0 atom stereocenters. The minimum absolute atomic E-state index is 0.177. The zero-order valence-corrected chi connectivity index (χ0v) is 21.1. The number of carbonyl (C=O) groups is 1. The lowest BCUT2D eigenvalue weighted by Crippen LogP contribution is -2.32. The average molecular weight is 484 g/mol. The van der Waals surface area contributed by atoms with Gasteiger partial charge in [0.2, 0.25) is 10.0 Å². The van der Waals surface area contributed by atoms with Gasteiger partial charge in [-0.1, -0.05) is 37.2 Å². The zero-order valence-electron chi connectivity index (χ0n) is 19.5. The van der Waals surface area contributed by atoms with Crippen LogP contribution in [0.1, 0.15) is 48.2 Å². The number of nitrogens with zero attached hydrogens (tertiary/aromatic N) is 3. The number of amides is 1. The third kappa shape index (κ3) is 5.27. The van der Waals surface area contributed by atoms with E-state index in [9.17, 15) is 13.2 Å². The average Bonchev–Trinajstić information content (AvgIpc) is 3.11. The Balaban J connectivity index is 1.99. The Kier molecular flexibility index (Phi) is 7.90. The number of hydrogen-bond acceptors (Lipinski definition) is 4. The Morgan fingerprint density at radius 2 is 1.76 bits per heavy atom. The van der Waals surface area contributed by atoms with E-state index < -0.39 is 15.9 Å². The fourth-order valence-electron chi connectivity index (χ4n) is 3.76. The SMILES string of the molecule is C#CCn1c(=NC(=O)c2ccc(S(=O)(=O)N(CCC)CCC)cc2)sc2c(C)cc(C)cc21. The van der Waals surface area contributed by atoms with E-state index in [1.54, 1.807) is 0 Å². The van der Waals surface area contributed by atoms with Gasteiger partial charge in [0.25, 0.3) is 5.91 Å². The Morgan fingerprint density at radius 3 is 2.33 bits per heavy atom. The van der Waals surface area contributed by atoms with Crippen molar-refractivity contribution in [3.63, 3.8) is 0 Å². The number of benzene rings is 2. The molecule has 1 amide bonds. The number of hydrogen-bond donors (Lipinski definition) is 0. The molecule has 6 nitrogen and oxygen atoms in total. The second-order valence-corrected chi connectivity index (χ2v) is 10.9. The molecule has 2 aromatic carbocycles. The van der Waals surface area contributed by atoms with Crippen LogP contribution >= 0.6 is 11.3 Å². The summed E-state index contributed by atoms with van der Waals surface area (Å²) in [6, 6.07) is 10.1. The van der Waals surface area contributed by atoms with Crippen molar-refractivity contribution >= 4 is 37.5 Å². The lowest BCUT2D eigenvalue weighted by Gasteiger charge is -2.21. The fraction of sp³-hybridized carbons (Fsp3) is 0.360. The van der Waals surface area contributed by atoms with E-state index in [-0.39, 0.29) is 4.90 Å². The van der Waals surface area contributed by atoms with Gasteiger partial charge in [-0.05, 0) is 68.1 Å². The quantitative estimate of drug-likeness (QED) is 0.443. The van der Waals surface area contributed by atoms with Crippen molar-refractivity contribution in [2.24, 2.45) is 4.99 Å². The lowest BCUT2D eigenvalue weighted by atomic mass is 10.1.